The molecule has 0 spiro atoms. The Kier molecular flexibility index (Phi) is 3.36. The number of ether oxygens (including phenoxy) is 1. The van der Waals surface area contributed by atoms with Crippen LogP contribution < -0.4 is 10.5 Å². The molecule has 2 rings (SSSR count). The van der Waals surface area contributed by atoms with Crippen LogP contribution in [0.1, 0.15) is 17.5 Å². The standard InChI is InChI=1S/C11H13N3OS/c1-2-15-9-5-3-8(4-6-9)7-10-13-14-11(12)16-10/h3-6H,2,7H2,1H3,(H2,12,14). The number of nitrogens with two attached hydrogens (primary N) is 1. The highest BCUT2D eigenvalue weighted by Crippen LogP contribution is 2.18. The Morgan fingerprint density at radius 3 is 2.56 bits per heavy atom. The first-order valence-corrected chi connectivity index (χ1v) is 5.89. The van der Waals surface area contributed by atoms with E-state index < -0.39 is 0 Å². The predicted molar refractivity (Wildman–Crippen MR) is 64.7 cm³/mol. The van der Waals surface area contributed by atoms with E-state index in [1.54, 1.807) is 0 Å². The first-order chi connectivity index (χ1) is 7.78. The van der Waals surface area contributed by atoms with Gasteiger partial charge in [-0.05, 0) is 24.6 Å². The number of anilines is 1. The molecule has 4 nitrogen and oxygen atoms in total. The number of nitrogens with zero attached hydrogens (tertiary/aromatic N) is 2. The first-order valence-electron chi connectivity index (χ1n) is 5.07. The van der Waals surface area contributed by atoms with E-state index in [1.165, 1.54) is 16.9 Å². The van der Waals surface area contributed by atoms with Crippen molar-refractivity contribution in [2.45, 2.75) is 13.3 Å². The van der Waals surface area contributed by atoms with E-state index in [1.807, 2.05) is 31.2 Å². The maximum Gasteiger partial charge on any atom is 0.203 e. The van der Waals surface area contributed by atoms with Crippen molar-refractivity contribution in [2.24, 2.45) is 0 Å². The summed E-state index contributed by atoms with van der Waals surface area (Å²) in [7, 11) is 0. The molecule has 0 amide bonds. The highest BCUT2D eigenvalue weighted by molar-refractivity contribution is 7.15. The fourth-order valence-electron chi connectivity index (χ4n) is 1.38. The van der Waals surface area contributed by atoms with Gasteiger partial charge in [-0.25, -0.2) is 0 Å². The van der Waals surface area contributed by atoms with Crippen LogP contribution >= 0.6 is 11.3 Å². The molecule has 0 unspecified atom stereocenters. The molecular weight excluding hydrogens is 222 g/mol. The molecule has 0 aliphatic rings. The predicted octanol–water partition coefficient (Wildman–Crippen LogP) is 2.11. The smallest absolute Gasteiger partial charge is 0.203 e. The third kappa shape index (κ3) is 2.70. The van der Waals surface area contributed by atoms with Crippen molar-refractivity contribution in [2.75, 3.05) is 12.3 Å². The zero-order valence-electron chi connectivity index (χ0n) is 9.01. The van der Waals surface area contributed by atoms with E-state index in [4.69, 9.17) is 10.5 Å². The molecule has 0 atom stereocenters. The van der Waals surface area contributed by atoms with Crippen molar-refractivity contribution >= 4 is 16.5 Å². The highest BCUT2D eigenvalue weighted by Gasteiger charge is 2.02. The van der Waals surface area contributed by atoms with Crippen LogP contribution in [-0.4, -0.2) is 16.8 Å². The summed E-state index contributed by atoms with van der Waals surface area (Å²) in [6.07, 6.45) is 0.765. The lowest BCUT2D eigenvalue weighted by molar-refractivity contribution is 0.340. The monoisotopic (exact) mass is 235 g/mol. The van der Waals surface area contributed by atoms with Gasteiger partial charge in [-0.1, -0.05) is 23.5 Å². The molecule has 0 fully saturated rings. The summed E-state index contributed by atoms with van der Waals surface area (Å²) in [6, 6.07) is 7.98. The van der Waals surface area contributed by atoms with Gasteiger partial charge in [0.05, 0.1) is 6.61 Å². The molecule has 1 aromatic carbocycles. The van der Waals surface area contributed by atoms with Gasteiger partial charge in [0.25, 0.3) is 0 Å². The highest BCUT2D eigenvalue weighted by atomic mass is 32.1. The van der Waals surface area contributed by atoms with Crippen LogP contribution in [0.4, 0.5) is 5.13 Å². The minimum absolute atomic E-state index is 0.515. The van der Waals surface area contributed by atoms with Gasteiger partial charge >= 0.3 is 0 Å². The lowest BCUT2D eigenvalue weighted by atomic mass is 10.1. The van der Waals surface area contributed by atoms with E-state index in [9.17, 15) is 0 Å². The summed E-state index contributed by atoms with van der Waals surface area (Å²) < 4.78 is 5.37. The Morgan fingerprint density at radius 1 is 1.25 bits per heavy atom. The molecule has 2 aromatic rings. The van der Waals surface area contributed by atoms with Crippen LogP contribution in [0, 0.1) is 0 Å². The molecule has 0 radical (unpaired) electrons. The molecule has 2 N–H and O–H groups in total. The summed E-state index contributed by atoms with van der Waals surface area (Å²) in [5.41, 5.74) is 6.70. The van der Waals surface area contributed by atoms with Crippen molar-refractivity contribution < 1.29 is 4.74 Å². The van der Waals surface area contributed by atoms with Gasteiger partial charge < -0.3 is 10.5 Å². The van der Waals surface area contributed by atoms with E-state index in [0.717, 1.165) is 17.2 Å². The minimum atomic E-state index is 0.515. The van der Waals surface area contributed by atoms with E-state index in [2.05, 4.69) is 10.2 Å². The molecular formula is C11H13N3OS. The topological polar surface area (TPSA) is 61.0 Å². The van der Waals surface area contributed by atoms with Crippen LogP contribution in [0.5, 0.6) is 5.75 Å². The van der Waals surface area contributed by atoms with Crippen LogP contribution in [0.25, 0.3) is 0 Å². The maximum atomic E-state index is 5.52. The Bertz CT molecular complexity index is 453. The Labute approximate surface area is 98.1 Å². The molecule has 1 heterocycles. The summed E-state index contributed by atoms with van der Waals surface area (Å²) in [5.74, 6) is 0.892. The molecule has 0 aliphatic heterocycles. The molecule has 0 saturated heterocycles. The van der Waals surface area contributed by atoms with Crippen molar-refractivity contribution in [3.63, 3.8) is 0 Å². The third-order valence-corrected chi connectivity index (χ3v) is 2.82. The van der Waals surface area contributed by atoms with Crippen LogP contribution in [0.2, 0.25) is 0 Å². The summed E-state index contributed by atoms with van der Waals surface area (Å²) >= 11 is 1.42. The molecule has 0 aliphatic carbocycles. The second kappa shape index (κ2) is 4.94. The molecule has 84 valence electrons. The second-order valence-corrected chi connectivity index (χ2v) is 4.38. The largest absolute Gasteiger partial charge is 0.494 e. The van der Waals surface area contributed by atoms with E-state index in [-0.39, 0.29) is 0 Å². The number of hydrogen-bond donors (Lipinski definition) is 1. The first kappa shape index (κ1) is 10.9. The van der Waals surface area contributed by atoms with Gasteiger partial charge in [-0.2, -0.15) is 0 Å². The number of benzene rings is 1. The average molecular weight is 235 g/mol. The van der Waals surface area contributed by atoms with Crippen molar-refractivity contribution in [1.82, 2.24) is 10.2 Å². The zero-order chi connectivity index (χ0) is 11.4. The molecule has 0 bridgehead atoms. The van der Waals surface area contributed by atoms with Gasteiger partial charge in [0, 0.05) is 6.42 Å². The normalized spacial score (nSPS) is 10.3. The Hall–Kier alpha value is -1.62. The zero-order valence-corrected chi connectivity index (χ0v) is 9.83. The van der Waals surface area contributed by atoms with Crippen LogP contribution in [0.3, 0.4) is 0 Å². The van der Waals surface area contributed by atoms with Gasteiger partial charge in [0.2, 0.25) is 5.13 Å². The van der Waals surface area contributed by atoms with Gasteiger partial charge in [0.15, 0.2) is 0 Å². The fourth-order valence-corrected chi connectivity index (χ4v) is 2.03. The van der Waals surface area contributed by atoms with Crippen LogP contribution in [0.15, 0.2) is 24.3 Å². The Morgan fingerprint density at radius 2 is 2.00 bits per heavy atom. The van der Waals surface area contributed by atoms with Crippen molar-refractivity contribution in [1.29, 1.82) is 0 Å². The fraction of sp³-hybridized carbons (Fsp3) is 0.273. The van der Waals surface area contributed by atoms with E-state index in [0.29, 0.717) is 11.7 Å². The van der Waals surface area contributed by atoms with Crippen molar-refractivity contribution in [3.8, 4) is 5.75 Å². The second-order valence-electron chi connectivity index (χ2n) is 3.29. The SMILES string of the molecule is CCOc1ccc(Cc2nnc(N)s2)cc1. The third-order valence-electron chi connectivity index (χ3n) is 2.07. The summed E-state index contributed by atoms with van der Waals surface area (Å²) in [6.45, 7) is 2.66. The van der Waals surface area contributed by atoms with Crippen LogP contribution in [-0.2, 0) is 6.42 Å². The number of hydrogen-bond acceptors (Lipinski definition) is 5. The number of rotatable bonds is 4. The minimum Gasteiger partial charge on any atom is -0.494 e. The van der Waals surface area contributed by atoms with Gasteiger partial charge in [-0.15, -0.1) is 10.2 Å². The van der Waals surface area contributed by atoms with E-state index >= 15 is 0 Å². The summed E-state index contributed by atoms with van der Waals surface area (Å²) in [4.78, 5) is 0. The lowest BCUT2D eigenvalue weighted by Crippen LogP contribution is -1.92. The lowest BCUT2D eigenvalue weighted by Gasteiger charge is -2.03. The molecule has 5 heteroatoms. The molecule has 1 aromatic heterocycles. The number of aromatic nitrogens is 2. The van der Waals surface area contributed by atoms with Gasteiger partial charge in [-0.3, -0.25) is 0 Å². The number of nitrogen functional groups attached to an aromatic ring is 1. The molecule has 16 heavy (non-hydrogen) atoms. The summed E-state index contributed by atoms with van der Waals surface area (Å²) in [5, 5.41) is 9.21. The molecule has 0 saturated carbocycles. The Balaban J connectivity index is 2.05. The average Bonchev–Trinajstić information content (AvgIpc) is 2.67. The quantitative estimate of drug-likeness (QED) is 0.881. The van der Waals surface area contributed by atoms with Crippen molar-refractivity contribution in [3.05, 3.63) is 34.8 Å². The van der Waals surface area contributed by atoms with Gasteiger partial charge in [0.1, 0.15) is 10.8 Å². The maximum absolute atomic E-state index is 5.52.